The number of phenols is 1. The summed E-state index contributed by atoms with van der Waals surface area (Å²) in [5.74, 6) is -0.791. The summed E-state index contributed by atoms with van der Waals surface area (Å²) in [5.41, 5.74) is 2.15. The molecule has 1 aromatic heterocycles. The minimum atomic E-state index is -0.916. The lowest BCUT2D eigenvalue weighted by molar-refractivity contribution is -0.139. The number of phenolic OH excluding ortho intramolecular Hbond substituents is 1. The molecule has 0 bridgehead atoms. The van der Waals surface area contributed by atoms with Crippen LogP contribution in [0.3, 0.4) is 0 Å². The average molecular weight is 259 g/mol. The van der Waals surface area contributed by atoms with Crippen LogP contribution in [0.15, 0.2) is 30.6 Å². The van der Waals surface area contributed by atoms with Gasteiger partial charge in [0, 0.05) is 17.7 Å². The molecular formula is C13H13N3O3. The molecule has 0 fully saturated rings. The number of carboxylic acid groups (broad SMARTS) is 1. The number of aromatic hydroxyl groups is 1. The van der Waals surface area contributed by atoms with Crippen LogP contribution in [-0.2, 0) is 11.2 Å². The van der Waals surface area contributed by atoms with Crippen molar-refractivity contribution in [1.82, 2.24) is 15.3 Å². The van der Waals surface area contributed by atoms with Crippen LogP contribution < -0.4 is 5.32 Å². The number of hydrogen-bond donors (Lipinski definition) is 4. The largest absolute Gasteiger partial charge is 0.508 e. The highest BCUT2D eigenvalue weighted by molar-refractivity contribution is 5.74. The molecule has 98 valence electrons. The lowest BCUT2D eigenvalue weighted by atomic mass is 9.93. The number of aliphatic carboxylic acids is 1. The van der Waals surface area contributed by atoms with Crippen LogP contribution in [0.1, 0.15) is 23.0 Å². The first kappa shape index (κ1) is 11.7. The highest BCUT2D eigenvalue weighted by atomic mass is 16.4. The van der Waals surface area contributed by atoms with Crippen molar-refractivity contribution >= 4 is 5.97 Å². The third kappa shape index (κ3) is 1.96. The van der Waals surface area contributed by atoms with Crippen molar-refractivity contribution in [3.8, 4) is 5.75 Å². The number of benzene rings is 1. The standard InChI is InChI=1S/C13H13N3O3/c17-10-4-2-1-3-7(10)11-12-8(14-6-15-12)5-9(16-11)13(18)19/h1-4,6,9,11,16-17H,5H2,(H,14,15)(H,18,19)/t9-,11-/m1/s1. The van der Waals surface area contributed by atoms with Crippen LogP contribution in [0.5, 0.6) is 5.75 Å². The van der Waals surface area contributed by atoms with Crippen LogP contribution in [0.25, 0.3) is 0 Å². The van der Waals surface area contributed by atoms with Gasteiger partial charge in [0.2, 0.25) is 0 Å². The Morgan fingerprint density at radius 1 is 1.37 bits per heavy atom. The van der Waals surface area contributed by atoms with E-state index in [9.17, 15) is 15.0 Å². The van der Waals surface area contributed by atoms with E-state index >= 15 is 0 Å². The number of nitrogens with zero attached hydrogens (tertiary/aromatic N) is 1. The number of hydrogen-bond acceptors (Lipinski definition) is 4. The molecule has 0 spiro atoms. The number of nitrogens with one attached hydrogen (secondary N) is 2. The molecule has 0 unspecified atom stereocenters. The molecular weight excluding hydrogens is 246 g/mol. The summed E-state index contributed by atoms with van der Waals surface area (Å²) in [6, 6.07) is 5.74. The SMILES string of the molecule is O=C(O)[C@H]1Cc2[nH]cnc2[C@@H](c2ccccc2O)N1. The third-order valence-electron chi connectivity index (χ3n) is 3.35. The van der Waals surface area contributed by atoms with E-state index in [2.05, 4.69) is 15.3 Å². The monoisotopic (exact) mass is 259 g/mol. The van der Waals surface area contributed by atoms with Gasteiger partial charge in [0.15, 0.2) is 0 Å². The Kier molecular flexibility index (Phi) is 2.72. The number of carboxylic acids is 1. The van der Waals surface area contributed by atoms with Crippen molar-refractivity contribution in [3.63, 3.8) is 0 Å². The Hall–Kier alpha value is -2.34. The van der Waals surface area contributed by atoms with E-state index in [0.29, 0.717) is 12.0 Å². The van der Waals surface area contributed by atoms with Gasteiger partial charge in [-0.25, -0.2) is 4.98 Å². The normalized spacial score (nSPS) is 21.9. The number of H-pyrrole nitrogens is 1. The first-order chi connectivity index (χ1) is 9.16. The maximum Gasteiger partial charge on any atom is 0.321 e. The van der Waals surface area contributed by atoms with Crippen LogP contribution in [-0.4, -0.2) is 32.2 Å². The van der Waals surface area contributed by atoms with E-state index in [-0.39, 0.29) is 5.75 Å². The summed E-state index contributed by atoms with van der Waals surface area (Å²) in [5, 5.41) is 22.1. The molecule has 19 heavy (non-hydrogen) atoms. The first-order valence-electron chi connectivity index (χ1n) is 5.95. The van der Waals surface area contributed by atoms with Gasteiger partial charge in [0.25, 0.3) is 0 Å². The number of imidazole rings is 1. The zero-order valence-electron chi connectivity index (χ0n) is 10.00. The van der Waals surface area contributed by atoms with Gasteiger partial charge in [-0.3, -0.25) is 10.1 Å². The first-order valence-corrected chi connectivity index (χ1v) is 5.95. The van der Waals surface area contributed by atoms with Crippen molar-refractivity contribution in [2.24, 2.45) is 0 Å². The molecule has 2 atom stereocenters. The fraction of sp³-hybridized carbons (Fsp3) is 0.231. The molecule has 0 radical (unpaired) electrons. The third-order valence-corrected chi connectivity index (χ3v) is 3.35. The van der Waals surface area contributed by atoms with Gasteiger partial charge >= 0.3 is 5.97 Å². The lowest BCUT2D eigenvalue weighted by Crippen LogP contribution is -2.45. The molecule has 0 amide bonds. The maximum absolute atomic E-state index is 11.2. The summed E-state index contributed by atoms with van der Waals surface area (Å²) in [4.78, 5) is 18.4. The Labute approximate surface area is 109 Å². The quantitative estimate of drug-likeness (QED) is 0.639. The molecule has 3 rings (SSSR count). The Morgan fingerprint density at radius 2 is 2.16 bits per heavy atom. The second-order valence-electron chi connectivity index (χ2n) is 4.52. The highest BCUT2D eigenvalue weighted by Gasteiger charge is 2.34. The molecule has 1 aliphatic rings. The fourth-order valence-corrected chi connectivity index (χ4v) is 2.41. The van der Waals surface area contributed by atoms with E-state index < -0.39 is 18.1 Å². The number of aromatic nitrogens is 2. The van der Waals surface area contributed by atoms with Crippen LogP contribution in [0.4, 0.5) is 0 Å². The number of para-hydroxylation sites is 1. The maximum atomic E-state index is 11.2. The zero-order valence-corrected chi connectivity index (χ0v) is 10.00. The van der Waals surface area contributed by atoms with E-state index in [1.165, 1.54) is 0 Å². The van der Waals surface area contributed by atoms with Gasteiger partial charge in [0.1, 0.15) is 11.8 Å². The fourth-order valence-electron chi connectivity index (χ4n) is 2.41. The van der Waals surface area contributed by atoms with Crippen molar-refractivity contribution in [1.29, 1.82) is 0 Å². The summed E-state index contributed by atoms with van der Waals surface area (Å²) in [7, 11) is 0. The van der Waals surface area contributed by atoms with E-state index in [4.69, 9.17) is 0 Å². The predicted molar refractivity (Wildman–Crippen MR) is 66.8 cm³/mol. The van der Waals surface area contributed by atoms with Crippen LogP contribution in [0, 0.1) is 0 Å². The summed E-state index contributed by atoms with van der Waals surface area (Å²) >= 11 is 0. The van der Waals surface area contributed by atoms with Crippen molar-refractivity contribution in [3.05, 3.63) is 47.5 Å². The van der Waals surface area contributed by atoms with Gasteiger partial charge in [-0.2, -0.15) is 0 Å². The molecule has 1 aliphatic heterocycles. The van der Waals surface area contributed by atoms with Crippen LogP contribution in [0.2, 0.25) is 0 Å². The van der Waals surface area contributed by atoms with E-state index in [1.54, 1.807) is 30.6 Å². The number of aromatic amines is 1. The van der Waals surface area contributed by atoms with Crippen molar-refractivity contribution in [2.45, 2.75) is 18.5 Å². The smallest absolute Gasteiger partial charge is 0.321 e. The second kappa shape index (κ2) is 4.40. The second-order valence-corrected chi connectivity index (χ2v) is 4.52. The minimum absolute atomic E-state index is 0.125. The Bertz CT molecular complexity index is 623. The Morgan fingerprint density at radius 3 is 2.89 bits per heavy atom. The molecule has 2 aromatic rings. The van der Waals surface area contributed by atoms with Gasteiger partial charge in [-0.05, 0) is 6.07 Å². The molecule has 2 heterocycles. The molecule has 1 aromatic carbocycles. The topological polar surface area (TPSA) is 98.2 Å². The molecule has 0 aliphatic carbocycles. The van der Waals surface area contributed by atoms with E-state index in [0.717, 1.165) is 11.4 Å². The van der Waals surface area contributed by atoms with Gasteiger partial charge in [-0.1, -0.05) is 18.2 Å². The van der Waals surface area contributed by atoms with Crippen LogP contribution >= 0.6 is 0 Å². The van der Waals surface area contributed by atoms with Crippen molar-refractivity contribution in [2.75, 3.05) is 0 Å². The van der Waals surface area contributed by atoms with Crippen molar-refractivity contribution < 1.29 is 15.0 Å². The number of fused-ring (bicyclic) bond motifs is 1. The molecule has 6 heteroatoms. The summed E-state index contributed by atoms with van der Waals surface area (Å²) in [6.45, 7) is 0. The van der Waals surface area contributed by atoms with Gasteiger partial charge < -0.3 is 15.2 Å². The number of rotatable bonds is 2. The molecule has 0 saturated carbocycles. The lowest BCUT2D eigenvalue weighted by Gasteiger charge is -2.28. The zero-order chi connectivity index (χ0) is 13.4. The number of carbonyl (C=O) groups is 1. The molecule has 0 saturated heterocycles. The molecule has 4 N–H and O–H groups in total. The summed E-state index contributed by atoms with van der Waals surface area (Å²) in [6.07, 6.45) is 1.90. The average Bonchev–Trinajstić information content (AvgIpc) is 2.86. The predicted octanol–water partition coefficient (Wildman–Crippen LogP) is 0.804. The van der Waals surface area contributed by atoms with E-state index in [1.807, 2.05) is 0 Å². The minimum Gasteiger partial charge on any atom is -0.508 e. The summed E-state index contributed by atoms with van der Waals surface area (Å²) < 4.78 is 0. The van der Waals surface area contributed by atoms with Gasteiger partial charge in [0.05, 0.1) is 18.1 Å². The van der Waals surface area contributed by atoms with Gasteiger partial charge in [-0.15, -0.1) is 0 Å². The Balaban J connectivity index is 2.06. The molecule has 6 nitrogen and oxygen atoms in total. The highest BCUT2D eigenvalue weighted by Crippen LogP contribution is 2.32.